The number of aromatic nitrogens is 2. The lowest BCUT2D eigenvalue weighted by molar-refractivity contribution is -0.116. The number of carbonyl (C=O) groups excluding carboxylic acids is 1. The molecule has 1 heterocycles. The Hall–Kier alpha value is -2.83. The van der Waals surface area contributed by atoms with E-state index in [1.165, 1.54) is 10.7 Å². The number of ether oxygens (including phenoxy) is 1. The largest absolute Gasteiger partial charge is 0.497 e. The van der Waals surface area contributed by atoms with Gasteiger partial charge >= 0.3 is 0 Å². The van der Waals surface area contributed by atoms with Gasteiger partial charge in [-0.3, -0.25) is 9.59 Å². The highest BCUT2D eigenvalue weighted by Gasteiger charge is 2.08. The Morgan fingerprint density at radius 1 is 1.10 bits per heavy atom. The summed E-state index contributed by atoms with van der Waals surface area (Å²) >= 11 is 12.0. The van der Waals surface area contributed by atoms with Crippen molar-refractivity contribution in [3.63, 3.8) is 0 Å². The van der Waals surface area contributed by atoms with Crippen LogP contribution in [0.25, 0.3) is 11.3 Å². The first-order valence-corrected chi connectivity index (χ1v) is 9.69. The third kappa shape index (κ3) is 5.59. The quantitative estimate of drug-likeness (QED) is 0.590. The lowest BCUT2D eigenvalue weighted by Crippen LogP contribution is -2.23. The molecule has 1 aromatic heterocycles. The summed E-state index contributed by atoms with van der Waals surface area (Å²) in [5.41, 5.74) is 1.77. The van der Waals surface area contributed by atoms with E-state index in [0.29, 0.717) is 34.4 Å². The van der Waals surface area contributed by atoms with E-state index < -0.39 is 0 Å². The molecule has 29 heavy (non-hydrogen) atoms. The number of hydrogen-bond acceptors (Lipinski definition) is 4. The second-order valence-electron chi connectivity index (χ2n) is 6.28. The van der Waals surface area contributed by atoms with Crippen LogP contribution in [0, 0.1) is 0 Å². The Balaban J connectivity index is 1.62. The van der Waals surface area contributed by atoms with Gasteiger partial charge in [-0.15, -0.1) is 0 Å². The summed E-state index contributed by atoms with van der Waals surface area (Å²) in [6.07, 6.45) is 0.659. The van der Waals surface area contributed by atoms with Crippen LogP contribution in [-0.2, 0) is 11.3 Å². The highest BCUT2D eigenvalue weighted by molar-refractivity contribution is 6.35. The fourth-order valence-corrected chi connectivity index (χ4v) is 3.06. The Morgan fingerprint density at radius 3 is 2.59 bits per heavy atom. The monoisotopic (exact) mass is 431 g/mol. The van der Waals surface area contributed by atoms with Crippen LogP contribution in [0.4, 0.5) is 5.69 Å². The fraction of sp³-hybridized carbons (Fsp3) is 0.190. The molecule has 8 heteroatoms. The predicted molar refractivity (Wildman–Crippen MR) is 115 cm³/mol. The molecule has 0 bridgehead atoms. The van der Waals surface area contributed by atoms with Crippen LogP contribution >= 0.6 is 23.2 Å². The number of methoxy groups -OCH3 is 1. The lowest BCUT2D eigenvalue weighted by atomic mass is 10.1. The number of nitrogens with one attached hydrogen (secondary N) is 1. The maximum absolute atomic E-state index is 12.2. The maximum atomic E-state index is 12.2. The number of halogens is 2. The molecule has 0 aliphatic carbocycles. The normalized spacial score (nSPS) is 10.6. The van der Waals surface area contributed by atoms with E-state index in [1.807, 2.05) is 24.3 Å². The summed E-state index contributed by atoms with van der Waals surface area (Å²) in [6.45, 7) is 0.319. The van der Waals surface area contributed by atoms with Crippen LogP contribution in [-0.4, -0.2) is 22.8 Å². The summed E-state index contributed by atoms with van der Waals surface area (Å²) in [5, 5.41) is 8.01. The zero-order valence-corrected chi connectivity index (χ0v) is 17.2. The van der Waals surface area contributed by atoms with Crippen LogP contribution in [0.1, 0.15) is 12.8 Å². The molecule has 150 valence electrons. The fourth-order valence-electron chi connectivity index (χ4n) is 2.72. The molecule has 1 N–H and O–H groups in total. The highest BCUT2D eigenvalue weighted by atomic mass is 35.5. The van der Waals surface area contributed by atoms with Crippen LogP contribution in [0.3, 0.4) is 0 Å². The number of anilines is 1. The molecule has 0 aliphatic heterocycles. The molecule has 3 rings (SSSR count). The predicted octanol–water partition coefficient (Wildman–Crippen LogP) is 4.64. The average Bonchev–Trinajstić information content (AvgIpc) is 2.72. The van der Waals surface area contributed by atoms with Crippen molar-refractivity contribution in [2.75, 3.05) is 12.4 Å². The molecule has 0 spiro atoms. The summed E-state index contributed by atoms with van der Waals surface area (Å²) in [7, 11) is 1.60. The standard InChI is InChI=1S/C21H19Cl2N3O3/c1-29-16-7-4-14(5-8-16)18-10-11-21(28)26(25-18)12-2-3-20(27)24-19-13-15(22)6-9-17(19)23/h4-11,13H,2-3,12H2,1H3,(H,24,27). The van der Waals surface area contributed by atoms with E-state index in [0.717, 1.165) is 11.3 Å². The van der Waals surface area contributed by atoms with Crippen LogP contribution in [0.5, 0.6) is 5.75 Å². The van der Waals surface area contributed by atoms with Crippen molar-refractivity contribution in [2.24, 2.45) is 0 Å². The number of hydrogen-bond donors (Lipinski definition) is 1. The van der Waals surface area contributed by atoms with Crippen LogP contribution in [0.15, 0.2) is 59.4 Å². The summed E-state index contributed by atoms with van der Waals surface area (Å²) in [4.78, 5) is 24.3. The van der Waals surface area contributed by atoms with E-state index in [2.05, 4.69) is 10.4 Å². The molecule has 0 saturated heterocycles. The summed E-state index contributed by atoms with van der Waals surface area (Å²) in [5.74, 6) is 0.529. The van der Waals surface area contributed by atoms with Gasteiger partial charge in [0.2, 0.25) is 5.91 Å². The van der Waals surface area contributed by atoms with Gasteiger partial charge in [-0.05, 0) is 55.0 Å². The number of rotatable bonds is 7. The van der Waals surface area contributed by atoms with Gasteiger partial charge in [0.15, 0.2) is 0 Å². The van der Waals surface area contributed by atoms with E-state index in [1.54, 1.807) is 31.4 Å². The third-order valence-corrected chi connectivity index (χ3v) is 4.79. The van der Waals surface area contributed by atoms with Gasteiger partial charge < -0.3 is 10.1 Å². The molecule has 0 atom stereocenters. The molecular formula is C21H19Cl2N3O3. The maximum Gasteiger partial charge on any atom is 0.266 e. The van der Waals surface area contributed by atoms with Crippen molar-refractivity contribution >= 4 is 34.8 Å². The van der Waals surface area contributed by atoms with Crippen LogP contribution < -0.4 is 15.6 Å². The third-order valence-electron chi connectivity index (χ3n) is 4.23. The van der Waals surface area contributed by atoms with Gasteiger partial charge in [0.05, 0.1) is 23.5 Å². The first kappa shape index (κ1) is 20.9. The minimum atomic E-state index is -0.222. The van der Waals surface area contributed by atoms with Crippen molar-refractivity contribution in [1.29, 1.82) is 0 Å². The van der Waals surface area contributed by atoms with Crippen molar-refractivity contribution in [3.8, 4) is 17.0 Å². The second kappa shape index (κ2) is 9.58. The van der Waals surface area contributed by atoms with Gasteiger partial charge in [-0.1, -0.05) is 23.2 Å². The minimum Gasteiger partial charge on any atom is -0.497 e. The Morgan fingerprint density at radius 2 is 1.86 bits per heavy atom. The summed E-state index contributed by atoms with van der Waals surface area (Å²) in [6, 6.07) is 15.4. The Kier molecular flexibility index (Phi) is 6.90. The van der Waals surface area contributed by atoms with Gasteiger partial charge in [-0.2, -0.15) is 5.10 Å². The lowest BCUT2D eigenvalue weighted by Gasteiger charge is -2.09. The second-order valence-corrected chi connectivity index (χ2v) is 7.13. The molecule has 2 aromatic carbocycles. The molecule has 1 amide bonds. The Bertz CT molecular complexity index is 1070. The number of carbonyl (C=O) groups is 1. The van der Waals surface area contributed by atoms with Gasteiger partial charge in [-0.25, -0.2) is 4.68 Å². The molecule has 0 saturated carbocycles. The first-order chi connectivity index (χ1) is 14.0. The smallest absolute Gasteiger partial charge is 0.266 e. The zero-order chi connectivity index (χ0) is 20.8. The van der Waals surface area contributed by atoms with Gasteiger partial charge in [0.25, 0.3) is 5.56 Å². The molecule has 6 nitrogen and oxygen atoms in total. The number of amides is 1. The zero-order valence-electron chi connectivity index (χ0n) is 15.7. The SMILES string of the molecule is COc1ccc(-c2ccc(=O)n(CCCC(=O)Nc3cc(Cl)ccc3Cl)n2)cc1. The van der Waals surface area contributed by atoms with Gasteiger partial charge in [0, 0.05) is 29.6 Å². The van der Waals surface area contributed by atoms with E-state index in [-0.39, 0.29) is 17.9 Å². The van der Waals surface area contributed by atoms with E-state index in [9.17, 15) is 9.59 Å². The molecule has 0 unspecified atom stereocenters. The van der Waals surface area contributed by atoms with Crippen molar-refractivity contribution in [2.45, 2.75) is 19.4 Å². The molecule has 0 aliphatic rings. The molecule has 0 fully saturated rings. The van der Waals surface area contributed by atoms with Crippen molar-refractivity contribution < 1.29 is 9.53 Å². The Labute approximate surface area is 178 Å². The average molecular weight is 432 g/mol. The molecule has 3 aromatic rings. The molecule has 0 radical (unpaired) electrons. The number of benzene rings is 2. The van der Waals surface area contributed by atoms with Crippen LogP contribution in [0.2, 0.25) is 10.0 Å². The van der Waals surface area contributed by atoms with E-state index in [4.69, 9.17) is 27.9 Å². The minimum absolute atomic E-state index is 0.212. The van der Waals surface area contributed by atoms with Gasteiger partial charge in [0.1, 0.15) is 5.75 Å². The highest BCUT2D eigenvalue weighted by Crippen LogP contribution is 2.25. The topological polar surface area (TPSA) is 73.2 Å². The molecular weight excluding hydrogens is 413 g/mol. The van der Waals surface area contributed by atoms with E-state index >= 15 is 0 Å². The first-order valence-electron chi connectivity index (χ1n) is 8.94. The van der Waals surface area contributed by atoms with Crippen molar-refractivity contribution in [1.82, 2.24) is 9.78 Å². The van der Waals surface area contributed by atoms with Crippen molar-refractivity contribution in [3.05, 3.63) is 75.0 Å². The number of aryl methyl sites for hydroxylation is 1. The summed E-state index contributed by atoms with van der Waals surface area (Å²) < 4.78 is 6.51. The number of nitrogens with zero attached hydrogens (tertiary/aromatic N) is 2.